The average Bonchev–Trinajstić information content (AvgIpc) is 2.36. The number of hydrogen-bond acceptors (Lipinski definition) is 5. The van der Waals surface area contributed by atoms with E-state index >= 15 is 0 Å². The first-order valence-corrected chi connectivity index (χ1v) is 5.05. The van der Waals surface area contributed by atoms with Crippen LogP contribution < -0.4 is 0 Å². The highest BCUT2D eigenvalue weighted by molar-refractivity contribution is 6.04. The normalized spacial score (nSPS) is 10.3. The van der Waals surface area contributed by atoms with Crippen LogP contribution in [0.5, 0.6) is 0 Å². The van der Waals surface area contributed by atoms with Gasteiger partial charge in [0.25, 0.3) is 5.69 Å². The van der Waals surface area contributed by atoms with Gasteiger partial charge in [0, 0.05) is 6.07 Å². The van der Waals surface area contributed by atoms with Crippen molar-refractivity contribution in [2.45, 2.75) is 6.42 Å². The van der Waals surface area contributed by atoms with Gasteiger partial charge < -0.3 is 4.74 Å². The monoisotopic (exact) mass is 249 g/mol. The Bertz CT molecular complexity index is 507. The smallest absolute Gasteiger partial charge is 0.313 e. The second kappa shape index (κ2) is 6.29. The molecule has 18 heavy (non-hydrogen) atoms. The molecule has 0 aliphatic carbocycles. The molecular weight excluding hydrogens is 238 g/mol. The zero-order valence-corrected chi connectivity index (χ0v) is 9.66. The van der Waals surface area contributed by atoms with Gasteiger partial charge in [-0.05, 0) is 18.2 Å². The molecule has 1 aromatic carbocycles. The largest absolute Gasteiger partial charge is 0.469 e. The second-order valence-electron chi connectivity index (χ2n) is 3.37. The molecule has 94 valence electrons. The van der Waals surface area contributed by atoms with E-state index in [1.165, 1.54) is 31.4 Å². The van der Waals surface area contributed by atoms with Crippen molar-refractivity contribution in [1.82, 2.24) is 0 Å². The van der Waals surface area contributed by atoms with Crippen LogP contribution in [0, 0.1) is 10.1 Å². The van der Waals surface area contributed by atoms with E-state index in [0.717, 1.165) is 6.08 Å². The summed E-state index contributed by atoms with van der Waals surface area (Å²) < 4.78 is 4.33. The van der Waals surface area contributed by atoms with Gasteiger partial charge in [-0.3, -0.25) is 19.7 Å². The number of allylic oxidation sites excluding steroid dienone is 1. The van der Waals surface area contributed by atoms with Crippen LogP contribution in [-0.2, 0) is 14.3 Å². The van der Waals surface area contributed by atoms with E-state index in [1.807, 2.05) is 0 Å². The van der Waals surface area contributed by atoms with Crippen molar-refractivity contribution in [3.63, 3.8) is 0 Å². The number of nitro benzene ring substituents is 1. The molecular formula is C12H11NO5. The van der Waals surface area contributed by atoms with Crippen LogP contribution in [0.3, 0.4) is 0 Å². The molecule has 6 nitrogen and oxygen atoms in total. The van der Waals surface area contributed by atoms with Gasteiger partial charge in [-0.15, -0.1) is 0 Å². The van der Waals surface area contributed by atoms with Crippen LogP contribution in [0.1, 0.15) is 12.0 Å². The van der Waals surface area contributed by atoms with Crippen molar-refractivity contribution in [3.8, 4) is 0 Å². The van der Waals surface area contributed by atoms with Crippen LogP contribution in [0.15, 0.2) is 30.3 Å². The number of methoxy groups -OCH3 is 1. The van der Waals surface area contributed by atoms with Crippen molar-refractivity contribution in [3.05, 3.63) is 46.0 Å². The van der Waals surface area contributed by atoms with Gasteiger partial charge in [0.15, 0.2) is 5.78 Å². The van der Waals surface area contributed by atoms with E-state index < -0.39 is 16.7 Å². The summed E-state index contributed by atoms with van der Waals surface area (Å²) >= 11 is 0. The Morgan fingerprint density at radius 2 is 2.06 bits per heavy atom. The van der Waals surface area contributed by atoms with Crippen LogP contribution in [0.2, 0.25) is 0 Å². The maximum Gasteiger partial charge on any atom is 0.313 e. The quantitative estimate of drug-likeness (QED) is 0.261. The van der Waals surface area contributed by atoms with Crippen LogP contribution in [-0.4, -0.2) is 23.8 Å². The molecule has 6 heteroatoms. The number of nitrogens with zero attached hydrogens (tertiary/aromatic N) is 1. The molecule has 0 saturated heterocycles. The summed E-state index contributed by atoms with van der Waals surface area (Å²) in [5.41, 5.74) is 0.209. The summed E-state index contributed by atoms with van der Waals surface area (Å²) in [4.78, 5) is 32.3. The molecule has 0 saturated carbocycles. The third-order valence-electron chi connectivity index (χ3n) is 2.13. The molecule has 0 heterocycles. The van der Waals surface area contributed by atoms with Gasteiger partial charge in [-0.25, -0.2) is 0 Å². The van der Waals surface area contributed by atoms with Crippen molar-refractivity contribution in [2.24, 2.45) is 0 Å². The molecule has 0 amide bonds. The van der Waals surface area contributed by atoms with Crippen LogP contribution in [0.25, 0.3) is 6.08 Å². The Labute approximate surface area is 103 Å². The number of hydrogen-bond donors (Lipinski definition) is 0. The van der Waals surface area contributed by atoms with E-state index in [9.17, 15) is 19.7 Å². The topological polar surface area (TPSA) is 86.5 Å². The number of ketones is 1. The van der Waals surface area contributed by atoms with Gasteiger partial charge >= 0.3 is 5.97 Å². The number of esters is 1. The summed E-state index contributed by atoms with van der Waals surface area (Å²) in [7, 11) is 1.18. The lowest BCUT2D eigenvalue weighted by Gasteiger charge is -1.96. The average molecular weight is 249 g/mol. The molecule has 0 unspecified atom stereocenters. The highest BCUT2D eigenvalue weighted by atomic mass is 16.6. The van der Waals surface area contributed by atoms with Crippen molar-refractivity contribution in [1.29, 1.82) is 0 Å². The predicted molar refractivity (Wildman–Crippen MR) is 63.8 cm³/mol. The third-order valence-corrected chi connectivity index (χ3v) is 2.13. The highest BCUT2D eigenvalue weighted by Gasteiger charge is 2.10. The van der Waals surface area contributed by atoms with E-state index in [4.69, 9.17) is 0 Å². The fraction of sp³-hybridized carbons (Fsp3) is 0.167. The minimum Gasteiger partial charge on any atom is -0.469 e. The lowest BCUT2D eigenvalue weighted by molar-refractivity contribution is -0.385. The number of ether oxygens (including phenoxy) is 1. The van der Waals surface area contributed by atoms with Crippen molar-refractivity contribution < 1.29 is 19.2 Å². The lowest BCUT2D eigenvalue weighted by Crippen LogP contribution is -2.06. The van der Waals surface area contributed by atoms with Crippen molar-refractivity contribution >= 4 is 23.5 Å². The van der Waals surface area contributed by atoms with E-state index in [-0.39, 0.29) is 12.1 Å². The minimum absolute atomic E-state index is 0.0976. The standard InChI is InChI=1S/C12H11NO5/c1-18-12(15)8-10(14)7-6-9-4-2-3-5-11(9)13(16)17/h2-7H,8H2,1H3/b7-6+. The molecule has 0 atom stereocenters. The van der Waals surface area contributed by atoms with Gasteiger partial charge in [-0.1, -0.05) is 12.1 Å². The van der Waals surface area contributed by atoms with Gasteiger partial charge in [0.1, 0.15) is 6.42 Å². The van der Waals surface area contributed by atoms with Gasteiger partial charge in [0.2, 0.25) is 0 Å². The molecule has 0 aliphatic rings. The number of carbonyl (C=O) groups excluding carboxylic acids is 2. The number of carbonyl (C=O) groups is 2. The number of benzene rings is 1. The fourth-order valence-corrected chi connectivity index (χ4v) is 1.25. The molecule has 0 radical (unpaired) electrons. The molecule has 0 bridgehead atoms. The summed E-state index contributed by atoms with van der Waals surface area (Å²) in [6, 6.07) is 6.01. The SMILES string of the molecule is COC(=O)CC(=O)/C=C/c1ccccc1[N+](=O)[O-]. The highest BCUT2D eigenvalue weighted by Crippen LogP contribution is 2.18. The maximum absolute atomic E-state index is 11.3. The second-order valence-corrected chi connectivity index (χ2v) is 3.37. The zero-order valence-electron chi connectivity index (χ0n) is 9.66. The molecule has 0 fully saturated rings. The summed E-state index contributed by atoms with van der Waals surface area (Å²) in [6.07, 6.45) is 2.05. The van der Waals surface area contributed by atoms with Crippen LogP contribution in [0.4, 0.5) is 5.69 Å². The predicted octanol–water partition coefficient (Wildman–Crippen LogP) is 1.74. The van der Waals surface area contributed by atoms with E-state index in [2.05, 4.69) is 4.74 Å². The zero-order chi connectivity index (χ0) is 13.5. The molecule has 0 aliphatic heterocycles. The number of nitro groups is 1. The molecule has 1 aromatic rings. The first kappa shape index (κ1) is 13.6. The Balaban J connectivity index is 2.81. The maximum atomic E-state index is 11.3. The summed E-state index contributed by atoms with van der Waals surface area (Å²) in [6.45, 7) is 0. The molecule has 0 N–H and O–H groups in total. The minimum atomic E-state index is -0.646. The van der Waals surface area contributed by atoms with E-state index in [1.54, 1.807) is 6.07 Å². The molecule has 0 spiro atoms. The molecule has 1 rings (SSSR count). The summed E-state index contributed by atoms with van der Waals surface area (Å²) in [5, 5.41) is 10.7. The number of para-hydroxylation sites is 1. The summed E-state index contributed by atoms with van der Waals surface area (Å²) in [5.74, 6) is -1.12. The van der Waals surface area contributed by atoms with Gasteiger partial charge in [0.05, 0.1) is 17.6 Å². The Hall–Kier alpha value is -2.50. The number of rotatable bonds is 5. The Morgan fingerprint density at radius 3 is 2.67 bits per heavy atom. The Kier molecular flexibility index (Phi) is 4.74. The fourth-order valence-electron chi connectivity index (χ4n) is 1.25. The van der Waals surface area contributed by atoms with Crippen LogP contribution >= 0.6 is 0 Å². The Morgan fingerprint density at radius 1 is 1.39 bits per heavy atom. The molecule has 0 aromatic heterocycles. The first-order valence-electron chi connectivity index (χ1n) is 5.05. The third kappa shape index (κ3) is 3.82. The van der Waals surface area contributed by atoms with E-state index in [0.29, 0.717) is 5.56 Å². The van der Waals surface area contributed by atoms with Crippen molar-refractivity contribution in [2.75, 3.05) is 7.11 Å². The lowest BCUT2D eigenvalue weighted by atomic mass is 10.1. The first-order chi connectivity index (χ1) is 8.54. The van der Waals surface area contributed by atoms with Gasteiger partial charge in [-0.2, -0.15) is 0 Å².